The Kier molecular flexibility index (Phi) is 3.90. The Hall–Kier alpha value is -1.82. The molecule has 6 heteroatoms. The van der Waals surface area contributed by atoms with E-state index in [0.29, 0.717) is 11.3 Å². The Morgan fingerprint density at radius 2 is 2.06 bits per heavy atom. The molecular formula is C11H13N2O3S. The van der Waals surface area contributed by atoms with Gasteiger partial charge in [-0.25, -0.2) is 8.42 Å². The number of anilines is 2. The highest BCUT2D eigenvalue weighted by atomic mass is 32.2. The summed E-state index contributed by atoms with van der Waals surface area (Å²) in [5.74, 6) is -0.368. The van der Waals surface area contributed by atoms with E-state index in [1.54, 1.807) is 19.1 Å². The summed E-state index contributed by atoms with van der Waals surface area (Å²) in [5, 5.41) is 2.55. The lowest BCUT2D eigenvalue weighted by Crippen LogP contribution is -2.16. The van der Waals surface area contributed by atoms with Crippen LogP contribution in [0.25, 0.3) is 0 Å². The normalized spacial score (nSPS) is 10.7. The fourth-order valence-electron chi connectivity index (χ4n) is 1.05. The first kappa shape index (κ1) is 13.2. The first-order valence-corrected chi connectivity index (χ1v) is 6.63. The van der Waals surface area contributed by atoms with Crippen LogP contribution >= 0.6 is 0 Å². The second-order valence-corrected chi connectivity index (χ2v) is 5.33. The largest absolute Gasteiger partial charge is 0.320 e. The third-order valence-electron chi connectivity index (χ3n) is 1.80. The average Bonchev–Trinajstić information content (AvgIpc) is 2.18. The maximum absolute atomic E-state index is 11.4. The summed E-state index contributed by atoms with van der Waals surface area (Å²) in [7, 11) is -3.40. The SMILES string of the molecule is C=C(C)C(=O)Nc1cc[c]cc1NS(C)(=O)=O. The number of carbonyl (C=O) groups is 1. The summed E-state index contributed by atoms with van der Waals surface area (Å²) in [4.78, 5) is 11.4. The summed E-state index contributed by atoms with van der Waals surface area (Å²) >= 11 is 0. The number of hydrogen-bond donors (Lipinski definition) is 2. The van der Waals surface area contributed by atoms with Gasteiger partial charge in [-0.05, 0) is 25.1 Å². The fourth-order valence-corrected chi connectivity index (χ4v) is 1.62. The summed E-state index contributed by atoms with van der Waals surface area (Å²) in [6, 6.07) is 7.29. The van der Waals surface area contributed by atoms with E-state index in [1.165, 1.54) is 6.07 Å². The van der Waals surface area contributed by atoms with Crippen LogP contribution in [-0.2, 0) is 14.8 Å². The first-order chi connectivity index (χ1) is 7.79. The van der Waals surface area contributed by atoms with E-state index in [9.17, 15) is 13.2 Å². The number of nitrogens with one attached hydrogen (secondary N) is 2. The van der Waals surface area contributed by atoms with Crippen molar-refractivity contribution in [2.75, 3.05) is 16.3 Å². The molecule has 0 unspecified atom stereocenters. The number of rotatable bonds is 4. The topological polar surface area (TPSA) is 75.3 Å². The van der Waals surface area contributed by atoms with Crippen LogP contribution in [0.1, 0.15) is 6.92 Å². The van der Waals surface area contributed by atoms with Crippen molar-refractivity contribution >= 4 is 27.3 Å². The highest BCUT2D eigenvalue weighted by Crippen LogP contribution is 2.21. The summed E-state index contributed by atoms with van der Waals surface area (Å²) in [6.45, 7) is 5.06. The molecule has 1 aromatic rings. The molecule has 1 radical (unpaired) electrons. The highest BCUT2D eigenvalue weighted by molar-refractivity contribution is 7.92. The standard InChI is InChI=1S/C11H13N2O3S/c1-8(2)11(14)12-9-6-4-5-7-10(9)13-17(3,15)16/h4,6-7,13H,1H2,2-3H3,(H,12,14). The molecule has 17 heavy (non-hydrogen) atoms. The van der Waals surface area contributed by atoms with E-state index >= 15 is 0 Å². The van der Waals surface area contributed by atoms with Crippen LogP contribution in [0, 0.1) is 6.07 Å². The molecule has 1 amide bonds. The van der Waals surface area contributed by atoms with Gasteiger partial charge in [-0.15, -0.1) is 0 Å². The van der Waals surface area contributed by atoms with Crippen molar-refractivity contribution in [1.82, 2.24) is 0 Å². The van der Waals surface area contributed by atoms with Crippen LogP contribution in [0.5, 0.6) is 0 Å². The molecule has 91 valence electrons. The van der Waals surface area contributed by atoms with E-state index in [-0.39, 0.29) is 11.6 Å². The molecule has 0 aliphatic heterocycles. The number of amides is 1. The second-order valence-electron chi connectivity index (χ2n) is 3.58. The van der Waals surface area contributed by atoms with Gasteiger partial charge in [0.05, 0.1) is 17.6 Å². The average molecular weight is 253 g/mol. The Morgan fingerprint density at radius 3 is 2.59 bits per heavy atom. The minimum Gasteiger partial charge on any atom is -0.320 e. The van der Waals surface area contributed by atoms with Crippen LogP contribution < -0.4 is 10.0 Å². The molecule has 0 saturated heterocycles. The maximum Gasteiger partial charge on any atom is 0.250 e. The van der Waals surface area contributed by atoms with Crippen molar-refractivity contribution in [3.63, 3.8) is 0 Å². The molecule has 0 saturated carbocycles. The molecule has 0 heterocycles. The summed E-state index contributed by atoms with van der Waals surface area (Å²) in [6.07, 6.45) is 1.03. The molecule has 5 nitrogen and oxygen atoms in total. The number of carbonyl (C=O) groups excluding carboxylic acids is 1. The summed E-state index contributed by atoms with van der Waals surface area (Å²) < 4.78 is 24.5. The lowest BCUT2D eigenvalue weighted by atomic mass is 10.2. The van der Waals surface area contributed by atoms with Gasteiger partial charge in [0, 0.05) is 5.57 Å². The van der Waals surface area contributed by atoms with E-state index in [1.807, 2.05) is 0 Å². The minimum absolute atomic E-state index is 0.268. The third kappa shape index (κ3) is 4.28. The monoisotopic (exact) mass is 253 g/mol. The Balaban J connectivity index is 3.00. The van der Waals surface area contributed by atoms with Crippen LogP contribution in [0.3, 0.4) is 0 Å². The molecule has 2 N–H and O–H groups in total. The van der Waals surface area contributed by atoms with Gasteiger partial charge < -0.3 is 5.32 Å². The second kappa shape index (κ2) is 5.01. The first-order valence-electron chi connectivity index (χ1n) is 4.74. The van der Waals surface area contributed by atoms with E-state index < -0.39 is 10.0 Å². The predicted molar refractivity (Wildman–Crippen MR) is 67.2 cm³/mol. The van der Waals surface area contributed by atoms with Crippen molar-refractivity contribution in [2.24, 2.45) is 0 Å². The Morgan fingerprint density at radius 1 is 1.41 bits per heavy atom. The molecular weight excluding hydrogens is 240 g/mol. The van der Waals surface area contributed by atoms with Crippen molar-refractivity contribution < 1.29 is 13.2 Å². The number of sulfonamides is 1. The lowest BCUT2D eigenvalue weighted by Gasteiger charge is -2.11. The summed E-state index contributed by atoms with van der Waals surface area (Å²) in [5.41, 5.74) is 0.968. The zero-order valence-electron chi connectivity index (χ0n) is 9.57. The van der Waals surface area contributed by atoms with Crippen molar-refractivity contribution in [3.8, 4) is 0 Å². The quantitative estimate of drug-likeness (QED) is 0.796. The van der Waals surface area contributed by atoms with Crippen molar-refractivity contribution in [1.29, 1.82) is 0 Å². The number of benzene rings is 1. The van der Waals surface area contributed by atoms with E-state index in [2.05, 4.69) is 22.7 Å². The zero-order valence-corrected chi connectivity index (χ0v) is 10.4. The van der Waals surface area contributed by atoms with Crippen molar-refractivity contribution in [3.05, 3.63) is 36.4 Å². The van der Waals surface area contributed by atoms with Crippen LogP contribution in [0.4, 0.5) is 11.4 Å². The zero-order chi connectivity index (χ0) is 13.1. The van der Waals surface area contributed by atoms with Crippen LogP contribution in [0.2, 0.25) is 0 Å². The van der Waals surface area contributed by atoms with Crippen molar-refractivity contribution in [2.45, 2.75) is 6.92 Å². The molecule has 1 rings (SSSR count). The molecule has 0 aromatic heterocycles. The predicted octanol–water partition coefficient (Wildman–Crippen LogP) is 1.37. The molecule has 0 spiro atoms. The number of hydrogen-bond acceptors (Lipinski definition) is 3. The fraction of sp³-hybridized carbons (Fsp3) is 0.182. The molecule has 1 aromatic carbocycles. The third-order valence-corrected chi connectivity index (χ3v) is 2.39. The Bertz CT molecular complexity index is 550. The lowest BCUT2D eigenvalue weighted by molar-refractivity contribution is -0.112. The molecule has 0 bridgehead atoms. The maximum atomic E-state index is 11.4. The molecule has 0 aliphatic carbocycles. The molecule has 0 atom stereocenters. The van der Waals surface area contributed by atoms with Crippen LogP contribution in [0.15, 0.2) is 30.4 Å². The smallest absolute Gasteiger partial charge is 0.250 e. The molecule has 0 aliphatic rings. The van der Waals surface area contributed by atoms with E-state index in [4.69, 9.17) is 0 Å². The van der Waals surface area contributed by atoms with Gasteiger partial charge in [0.2, 0.25) is 10.0 Å². The highest BCUT2D eigenvalue weighted by Gasteiger charge is 2.09. The molecule has 0 fully saturated rings. The van der Waals surface area contributed by atoms with Gasteiger partial charge in [-0.2, -0.15) is 0 Å². The van der Waals surface area contributed by atoms with Gasteiger partial charge in [-0.1, -0.05) is 12.6 Å². The van der Waals surface area contributed by atoms with Gasteiger partial charge in [-0.3, -0.25) is 9.52 Å². The van der Waals surface area contributed by atoms with Gasteiger partial charge in [0.25, 0.3) is 5.91 Å². The van der Waals surface area contributed by atoms with Gasteiger partial charge in [0.15, 0.2) is 0 Å². The minimum atomic E-state index is -3.40. The van der Waals surface area contributed by atoms with Crippen LogP contribution in [-0.4, -0.2) is 20.6 Å². The van der Waals surface area contributed by atoms with Gasteiger partial charge in [0.1, 0.15) is 0 Å². The Labute approximate surface area is 101 Å². The van der Waals surface area contributed by atoms with Gasteiger partial charge >= 0.3 is 0 Å². The van der Waals surface area contributed by atoms with E-state index in [0.717, 1.165) is 6.26 Å².